The molecule has 1 unspecified atom stereocenters. The summed E-state index contributed by atoms with van der Waals surface area (Å²) in [5.41, 5.74) is 6.02. The lowest BCUT2D eigenvalue weighted by Gasteiger charge is -2.10. The van der Waals surface area contributed by atoms with E-state index in [0.29, 0.717) is 23.0 Å². The first-order valence-corrected chi connectivity index (χ1v) is 10.3. The number of halogens is 1. The number of nitrogens with zero attached hydrogens (tertiary/aromatic N) is 2. The van der Waals surface area contributed by atoms with Crippen LogP contribution in [0, 0.1) is 0 Å². The highest BCUT2D eigenvalue weighted by Gasteiger charge is 2.35. The van der Waals surface area contributed by atoms with Gasteiger partial charge in [0.15, 0.2) is 16.1 Å². The van der Waals surface area contributed by atoms with E-state index in [-0.39, 0.29) is 33.7 Å². The second kappa shape index (κ2) is 6.00. The standard InChI is InChI=1S/C15H12ClN3O5S2/c16-12-14(19-3-4-25-15(19)18-12)26(22,23)24-7-1-2-8-9(5-7)11(20)6-10(8)13(17)21/h1-2,5,10H,3-4,6H2,(H2,17,21). The van der Waals surface area contributed by atoms with Crippen LogP contribution in [0.4, 0.5) is 0 Å². The van der Waals surface area contributed by atoms with E-state index in [1.165, 1.54) is 34.5 Å². The van der Waals surface area contributed by atoms with Crippen LogP contribution in [-0.2, 0) is 21.5 Å². The molecule has 1 amide bonds. The number of thioether (sulfide) groups is 1. The Balaban J connectivity index is 1.69. The number of primary amides is 1. The smallest absolute Gasteiger partial charge is 0.358 e. The summed E-state index contributed by atoms with van der Waals surface area (Å²) in [6.45, 7) is 0.459. The molecule has 2 aromatic rings. The fourth-order valence-electron chi connectivity index (χ4n) is 3.12. The summed E-state index contributed by atoms with van der Waals surface area (Å²) < 4.78 is 32.0. The zero-order chi connectivity index (χ0) is 18.6. The first-order valence-electron chi connectivity index (χ1n) is 7.57. The Morgan fingerprint density at radius 3 is 2.92 bits per heavy atom. The van der Waals surface area contributed by atoms with Gasteiger partial charge in [0.05, 0.1) is 5.92 Å². The lowest BCUT2D eigenvalue weighted by Crippen LogP contribution is -2.19. The molecule has 1 aromatic heterocycles. The zero-order valence-corrected chi connectivity index (χ0v) is 15.5. The van der Waals surface area contributed by atoms with Crippen molar-refractivity contribution in [3.8, 4) is 5.75 Å². The first-order chi connectivity index (χ1) is 12.3. The molecule has 1 aromatic carbocycles. The van der Waals surface area contributed by atoms with Gasteiger partial charge in [0, 0.05) is 24.3 Å². The van der Waals surface area contributed by atoms with Gasteiger partial charge in [-0.2, -0.15) is 8.42 Å². The van der Waals surface area contributed by atoms with Crippen LogP contribution in [0.1, 0.15) is 28.3 Å². The number of carbonyl (C=O) groups excluding carboxylic acids is 2. The van der Waals surface area contributed by atoms with Crippen molar-refractivity contribution in [1.29, 1.82) is 0 Å². The average Bonchev–Trinajstić information content (AvgIpc) is 3.20. The molecule has 136 valence electrons. The Bertz CT molecular complexity index is 1060. The number of imidazole rings is 1. The maximum absolute atomic E-state index is 12.7. The number of hydrogen-bond acceptors (Lipinski definition) is 7. The van der Waals surface area contributed by atoms with Crippen molar-refractivity contribution >= 4 is 45.2 Å². The summed E-state index contributed by atoms with van der Waals surface area (Å²) in [6, 6.07) is 4.18. The van der Waals surface area contributed by atoms with Gasteiger partial charge in [-0.1, -0.05) is 29.4 Å². The third-order valence-corrected chi connectivity index (χ3v) is 6.90. The Hall–Kier alpha value is -2.04. The van der Waals surface area contributed by atoms with Crippen LogP contribution in [0.5, 0.6) is 5.75 Å². The van der Waals surface area contributed by atoms with E-state index < -0.39 is 21.9 Å². The monoisotopic (exact) mass is 413 g/mol. The van der Waals surface area contributed by atoms with Gasteiger partial charge in [0.25, 0.3) is 0 Å². The Labute approximate surface area is 157 Å². The largest absolute Gasteiger partial charge is 0.378 e. The number of Topliss-reactive ketones (excluding diaryl/α,β-unsaturated/α-hetero) is 1. The van der Waals surface area contributed by atoms with Crippen LogP contribution in [0.15, 0.2) is 28.4 Å². The fraction of sp³-hybridized carbons (Fsp3) is 0.267. The highest BCUT2D eigenvalue weighted by Crippen LogP contribution is 2.37. The molecule has 2 N–H and O–H groups in total. The minimum Gasteiger partial charge on any atom is -0.378 e. The molecule has 8 nitrogen and oxygen atoms in total. The molecular formula is C15H12ClN3O5S2. The molecule has 1 atom stereocenters. The first kappa shape index (κ1) is 17.4. The van der Waals surface area contributed by atoms with Crippen LogP contribution in [0.2, 0.25) is 5.15 Å². The number of amides is 1. The molecule has 0 spiro atoms. The number of hydrogen-bond donors (Lipinski definition) is 1. The van der Waals surface area contributed by atoms with E-state index in [9.17, 15) is 18.0 Å². The van der Waals surface area contributed by atoms with Crippen molar-refractivity contribution in [2.75, 3.05) is 5.75 Å². The number of rotatable bonds is 4. The zero-order valence-electron chi connectivity index (χ0n) is 13.1. The molecule has 1 aliphatic heterocycles. The van der Waals surface area contributed by atoms with Gasteiger partial charge < -0.3 is 14.5 Å². The third kappa shape index (κ3) is 2.68. The topological polar surface area (TPSA) is 121 Å². The minimum atomic E-state index is -4.24. The summed E-state index contributed by atoms with van der Waals surface area (Å²) in [5, 5.41) is 0.157. The van der Waals surface area contributed by atoms with Crippen molar-refractivity contribution in [3.05, 3.63) is 34.5 Å². The second-order valence-corrected chi connectivity index (χ2v) is 8.74. The van der Waals surface area contributed by atoms with E-state index in [0.717, 1.165) is 0 Å². The van der Waals surface area contributed by atoms with Crippen LogP contribution < -0.4 is 9.92 Å². The molecule has 2 heterocycles. The number of aromatic nitrogens is 2. The predicted molar refractivity (Wildman–Crippen MR) is 93.1 cm³/mol. The molecule has 0 bridgehead atoms. The average molecular weight is 414 g/mol. The molecule has 0 saturated carbocycles. The number of carbonyl (C=O) groups is 2. The maximum atomic E-state index is 12.7. The van der Waals surface area contributed by atoms with Crippen LogP contribution in [-0.4, -0.2) is 35.4 Å². The van der Waals surface area contributed by atoms with Crippen molar-refractivity contribution in [1.82, 2.24) is 9.55 Å². The molecule has 4 rings (SSSR count). The Kier molecular flexibility index (Phi) is 4.01. The van der Waals surface area contributed by atoms with E-state index in [1.54, 1.807) is 0 Å². The third-order valence-electron chi connectivity index (χ3n) is 4.27. The van der Waals surface area contributed by atoms with Gasteiger partial charge in [0.1, 0.15) is 5.75 Å². The SMILES string of the molecule is NC(=O)C1CC(=O)c2cc(OS(=O)(=O)c3c(Cl)nc4n3CCS4)ccc21. The molecule has 0 fully saturated rings. The summed E-state index contributed by atoms with van der Waals surface area (Å²) in [6.07, 6.45) is -0.0277. The van der Waals surface area contributed by atoms with Gasteiger partial charge in [-0.15, -0.1) is 0 Å². The van der Waals surface area contributed by atoms with Gasteiger partial charge in [-0.25, -0.2) is 4.98 Å². The Morgan fingerprint density at radius 2 is 2.19 bits per heavy atom. The van der Waals surface area contributed by atoms with Crippen molar-refractivity contribution < 1.29 is 22.2 Å². The quantitative estimate of drug-likeness (QED) is 0.755. The lowest BCUT2D eigenvalue weighted by atomic mass is 10.0. The Morgan fingerprint density at radius 1 is 1.42 bits per heavy atom. The van der Waals surface area contributed by atoms with E-state index in [1.807, 2.05) is 0 Å². The van der Waals surface area contributed by atoms with Crippen LogP contribution in [0.25, 0.3) is 0 Å². The molecule has 11 heteroatoms. The summed E-state index contributed by atoms with van der Waals surface area (Å²) in [5.74, 6) is -0.930. The normalized spacial score (nSPS) is 18.7. The van der Waals surface area contributed by atoms with E-state index in [4.69, 9.17) is 21.5 Å². The molecule has 0 radical (unpaired) electrons. The van der Waals surface area contributed by atoms with Gasteiger partial charge in [-0.3, -0.25) is 9.59 Å². The van der Waals surface area contributed by atoms with Crippen molar-refractivity contribution in [3.63, 3.8) is 0 Å². The second-order valence-electron chi connectivity index (χ2n) is 5.86. The predicted octanol–water partition coefficient (Wildman–Crippen LogP) is 1.57. The maximum Gasteiger partial charge on any atom is 0.358 e. The minimum absolute atomic E-state index is 0.0277. The molecule has 1 aliphatic carbocycles. The molecule has 2 aliphatic rings. The highest BCUT2D eigenvalue weighted by atomic mass is 35.5. The number of fused-ring (bicyclic) bond motifs is 2. The van der Waals surface area contributed by atoms with E-state index in [2.05, 4.69) is 4.98 Å². The van der Waals surface area contributed by atoms with Crippen molar-refractivity contribution in [2.24, 2.45) is 5.73 Å². The van der Waals surface area contributed by atoms with Crippen molar-refractivity contribution in [2.45, 2.75) is 29.1 Å². The molecular weight excluding hydrogens is 402 g/mol. The van der Waals surface area contributed by atoms with Gasteiger partial charge in [0.2, 0.25) is 10.9 Å². The lowest BCUT2D eigenvalue weighted by molar-refractivity contribution is -0.119. The number of benzene rings is 1. The summed E-state index contributed by atoms with van der Waals surface area (Å²) in [7, 11) is -4.24. The summed E-state index contributed by atoms with van der Waals surface area (Å²) in [4.78, 5) is 27.5. The van der Waals surface area contributed by atoms with Gasteiger partial charge >= 0.3 is 10.1 Å². The fourth-order valence-corrected chi connectivity index (χ4v) is 5.78. The highest BCUT2D eigenvalue weighted by molar-refractivity contribution is 7.99. The van der Waals surface area contributed by atoms with Crippen LogP contribution in [0.3, 0.4) is 0 Å². The number of nitrogens with two attached hydrogens (primary N) is 1. The van der Waals surface area contributed by atoms with Crippen LogP contribution >= 0.6 is 23.4 Å². The molecule has 26 heavy (non-hydrogen) atoms. The van der Waals surface area contributed by atoms with E-state index >= 15 is 0 Å². The summed E-state index contributed by atoms with van der Waals surface area (Å²) >= 11 is 7.38. The van der Waals surface area contributed by atoms with Gasteiger partial charge in [-0.05, 0) is 17.7 Å². The molecule has 0 saturated heterocycles. The number of ketones is 1.